The van der Waals surface area contributed by atoms with E-state index in [2.05, 4.69) is 5.32 Å². The van der Waals surface area contributed by atoms with Crippen molar-refractivity contribution >= 4 is 23.2 Å². The molecule has 2 atom stereocenters. The summed E-state index contributed by atoms with van der Waals surface area (Å²) in [7, 11) is 4.51. The number of thiocarbonyl (C=S) groups is 1. The molecule has 9 heteroatoms. The lowest BCUT2D eigenvalue weighted by molar-refractivity contribution is 0.0967. The van der Waals surface area contributed by atoms with Crippen molar-refractivity contribution in [2.75, 3.05) is 34.4 Å². The van der Waals surface area contributed by atoms with E-state index in [1.165, 1.54) is 21.3 Å². The maximum Gasteiger partial charge on any atom is 0.257 e. The first kappa shape index (κ1) is 21.2. The quantitative estimate of drug-likeness (QED) is 0.724. The first-order chi connectivity index (χ1) is 14.9. The van der Waals surface area contributed by atoms with Crippen LogP contribution in [0.15, 0.2) is 35.1 Å². The van der Waals surface area contributed by atoms with Gasteiger partial charge in [-0.2, -0.15) is 0 Å². The van der Waals surface area contributed by atoms with Crippen LogP contribution in [0.4, 0.5) is 0 Å². The number of likely N-dealkylation sites (tertiary alicyclic amines) is 1. The molecule has 0 spiro atoms. The molecule has 2 aliphatic rings. The molecule has 31 heavy (non-hydrogen) atoms. The van der Waals surface area contributed by atoms with Crippen LogP contribution in [-0.2, 0) is 6.54 Å². The van der Waals surface area contributed by atoms with E-state index in [0.717, 1.165) is 12.1 Å². The summed E-state index contributed by atoms with van der Waals surface area (Å²) < 4.78 is 17.8. The Bertz CT molecular complexity index is 1060. The Morgan fingerprint density at radius 2 is 1.77 bits per heavy atom. The van der Waals surface area contributed by atoms with E-state index in [1.54, 1.807) is 24.3 Å². The predicted molar refractivity (Wildman–Crippen MR) is 119 cm³/mol. The molecule has 1 aromatic carbocycles. The summed E-state index contributed by atoms with van der Waals surface area (Å²) in [4.78, 5) is 27.1. The maximum atomic E-state index is 12.9. The zero-order valence-corrected chi connectivity index (χ0v) is 18.5. The van der Waals surface area contributed by atoms with Gasteiger partial charge in [-0.05, 0) is 42.8 Å². The lowest BCUT2D eigenvalue weighted by Crippen LogP contribution is -2.52. The molecule has 0 radical (unpaired) electrons. The Morgan fingerprint density at radius 3 is 2.42 bits per heavy atom. The number of hydrogen-bond donors (Lipinski definition) is 1. The van der Waals surface area contributed by atoms with Crippen LogP contribution in [0.3, 0.4) is 0 Å². The average molecular weight is 444 g/mol. The zero-order valence-electron chi connectivity index (χ0n) is 17.7. The van der Waals surface area contributed by atoms with E-state index in [0.29, 0.717) is 53.5 Å². The fourth-order valence-electron chi connectivity index (χ4n) is 4.52. The topological polar surface area (TPSA) is 82.0 Å². The molecule has 8 nitrogen and oxygen atoms in total. The third-order valence-electron chi connectivity index (χ3n) is 5.91. The number of carbonyl (C=O) groups is 1. The van der Waals surface area contributed by atoms with Crippen LogP contribution < -0.4 is 25.1 Å². The van der Waals surface area contributed by atoms with Crippen LogP contribution in [0.5, 0.6) is 17.2 Å². The lowest BCUT2D eigenvalue weighted by atomic mass is 9.83. The molecular weight excluding hydrogens is 418 g/mol. The minimum Gasteiger partial charge on any atom is -0.493 e. The van der Waals surface area contributed by atoms with Crippen LogP contribution in [-0.4, -0.2) is 54.9 Å². The molecule has 3 heterocycles. The van der Waals surface area contributed by atoms with E-state index in [9.17, 15) is 9.59 Å². The summed E-state index contributed by atoms with van der Waals surface area (Å²) in [6.45, 7) is 2.03. The number of pyridine rings is 1. The summed E-state index contributed by atoms with van der Waals surface area (Å²) in [5.74, 6) is 1.37. The Hall–Kier alpha value is -3.07. The molecule has 1 saturated heterocycles. The summed E-state index contributed by atoms with van der Waals surface area (Å²) in [5, 5.41) is 3.20. The van der Waals surface area contributed by atoms with Gasteiger partial charge in [0.1, 0.15) is 0 Å². The largest absolute Gasteiger partial charge is 0.493 e. The summed E-state index contributed by atoms with van der Waals surface area (Å²) in [6, 6.07) is 8.59. The fourth-order valence-corrected chi connectivity index (χ4v) is 4.76. The highest BCUT2D eigenvalue weighted by molar-refractivity contribution is 7.80. The maximum absolute atomic E-state index is 12.9. The number of fused-ring (bicyclic) bond motifs is 4. The SMILES string of the molecule is COc1cc(C(=O)NC(=S)N2C[C@H]3C[C@@H](C2)c2cccc(=O)n2C3)cc(OC)c1OC. The Kier molecular flexibility index (Phi) is 5.86. The van der Waals surface area contributed by atoms with Gasteiger partial charge in [-0.25, -0.2) is 0 Å². The molecule has 4 rings (SSSR count). The Labute approximate surface area is 185 Å². The summed E-state index contributed by atoms with van der Waals surface area (Å²) >= 11 is 5.56. The minimum absolute atomic E-state index is 0.0407. The molecule has 0 saturated carbocycles. The summed E-state index contributed by atoms with van der Waals surface area (Å²) in [6.07, 6.45) is 1.02. The van der Waals surface area contributed by atoms with Gasteiger partial charge in [0.15, 0.2) is 16.6 Å². The molecule has 0 unspecified atom stereocenters. The van der Waals surface area contributed by atoms with Crippen molar-refractivity contribution in [2.24, 2.45) is 5.92 Å². The molecule has 2 aromatic rings. The number of carbonyl (C=O) groups excluding carboxylic acids is 1. The highest BCUT2D eigenvalue weighted by atomic mass is 32.1. The number of methoxy groups -OCH3 is 3. The highest BCUT2D eigenvalue weighted by Crippen LogP contribution is 2.38. The van der Waals surface area contributed by atoms with Crippen molar-refractivity contribution in [3.8, 4) is 17.2 Å². The number of nitrogens with zero attached hydrogens (tertiary/aromatic N) is 2. The van der Waals surface area contributed by atoms with Gasteiger partial charge in [0.25, 0.3) is 11.5 Å². The van der Waals surface area contributed by atoms with E-state index in [4.69, 9.17) is 26.4 Å². The number of hydrogen-bond acceptors (Lipinski definition) is 6. The molecular formula is C22H25N3O5S. The van der Waals surface area contributed by atoms with Gasteiger partial charge < -0.3 is 23.7 Å². The number of rotatable bonds is 4. The zero-order chi connectivity index (χ0) is 22.1. The van der Waals surface area contributed by atoms with Gasteiger partial charge in [0.05, 0.1) is 21.3 Å². The van der Waals surface area contributed by atoms with Crippen LogP contribution in [0, 0.1) is 5.92 Å². The van der Waals surface area contributed by atoms with Crippen molar-refractivity contribution in [1.29, 1.82) is 0 Å². The third kappa shape index (κ3) is 3.97. The molecule has 164 valence electrons. The number of ether oxygens (including phenoxy) is 3. The van der Waals surface area contributed by atoms with E-state index >= 15 is 0 Å². The minimum atomic E-state index is -0.350. The van der Waals surface area contributed by atoms with Crippen molar-refractivity contribution in [3.05, 3.63) is 51.9 Å². The monoisotopic (exact) mass is 443 g/mol. The van der Waals surface area contributed by atoms with Crippen molar-refractivity contribution in [2.45, 2.75) is 18.9 Å². The smallest absolute Gasteiger partial charge is 0.257 e. The fraction of sp³-hybridized carbons (Fsp3) is 0.409. The molecule has 0 aliphatic carbocycles. The lowest BCUT2D eigenvalue weighted by Gasteiger charge is -2.43. The molecule has 1 amide bonds. The molecule has 2 bridgehead atoms. The van der Waals surface area contributed by atoms with Crippen LogP contribution in [0.2, 0.25) is 0 Å². The Morgan fingerprint density at radius 1 is 1.06 bits per heavy atom. The second-order valence-electron chi connectivity index (χ2n) is 7.78. The second kappa shape index (κ2) is 8.58. The van der Waals surface area contributed by atoms with Crippen LogP contribution >= 0.6 is 12.2 Å². The van der Waals surface area contributed by atoms with Gasteiger partial charge in [-0.1, -0.05) is 6.07 Å². The first-order valence-electron chi connectivity index (χ1n) is 10.0. The predicted octanol–water partition coefficient (Wildman–Crippen LogP) is 2.01. The van der Waals surface area contributed by atoms with E-state index in [1.807, 2.05) is 15.5 Å². The van der Waals surface area contributed by atoms with Crippen molar-refractivity contribution < 1.29 is 19.0 Å². The van der Waals surface area contributed by atoms with Gasteiger partial charge in [-0.15, -0.1) is 0 Å². The van der Waals surface area contributed by atoms with Crippen molar-refractivity contribution in [1.82, 2.24) is 14.8 Å². The van der Waals surface area contributed by atoms with Gasteiger partial charge in [-0.3, -0.25) is 14.9 Å². The van der Waals surface area contributed by atoms with Crippen LogP contribution in [0.25, 0.3) is 0 Å². The highest BCUT2D eigenvalue weighted by Gasteiger charge is 2.35. The van der Waals surface area contributed by atoms with Gasteiger partial charge in [0.2, 0.25) is 5.75 Å². The van der Waals surface area contributed by atoms with E-state index in [-0.39, 0.29) is 17.4 Å². The molecule has 1 aromatic heterocycles. The third-order valence-corrected chi connectivity index (χ3v) is 6.27. The van der Waals surface area contributed by atoms with Gasteiger partial charge >= 0.3 is 0 Å². The molecule has 1 fully saturated rings. The average Bonchev–Trinajstić information content (AvgIpc) is 2.78. The number of amides is 1. The first-order valence-corrected chi connectivity index (χ1v) is 10.5. The Balaban J connectivity index is 1.51. The van der Waals surface area contributed by atoms with Crippen molar-refractivity contribution in [3.63, 3.8) is 0 Å². The standard InChI is InChI=1S/C22H25N3O5S/c1-28-17-8-14(9-18(29-2)20(17)30-3)21(27)23-22(31)24-10-13-7-15(12-24)16-5-4-6-19(26)25(16)11-13/h4-6,8-9,13,15H,7,10-12H2,1-3H3,(H,23,27,31)/t13-,15+/m1/s1. The van der Waals surface area contributed by atoms with Gasteiger partial charge in [0, 0.05) is 42.9 Å². The van der Waals surface area contributed by atoms with Crippen LogP contribution in [0.1, 0.15) is 28.4 Å². The summed E-state index contributed by atoms with van der Waals surface area (Å²) in [5.41, 5.74) is 1.43. The number of aromatic nitrogens is 1. The number of piperidine rings is 1. The molecule has 1 N–H and O–H groups in total. The normalized spacial score (nSPS) is 19.3. The van der Waals surface area contributed by atoms with E-state index < -0.39 is 0 Å². The number of benzene rings is 1. The number of nitrogens with one attached hydrogen (secondary N) is 1. The molecule has 2 aliphatic heterocycles. The second-order valence-corrected chi connectivity index (χ2v) is 8.16.